The van der Waals surface area contributed by atoms with Gasteiger partial charge in [0.25, 0.3) is 0 Å². The van der Waals surface area contributed by atoms with Crippen LogP contribution in [0.15, 0.2) is 24.3 Å². The fourth-order valence-corrected chi connectivity index (χ4v) is 2.94. The summed E-state index contributed by atoms with van der Waals surface area (Å²) in [5.41, 5.74) is -1.73. The van der Waals surface area contributed by atoms with Gasteiger partial charge in [0.15, 0.2) is 0 Å². The molecule has 3 nitrogen and oxygen atoms in total. The lowest BCUT2D eigenvalue weighted by Crippen LogP contribution is -2.47. The van der Waals surface area contributed by atoms with Crippen LogP contribution in [0.4, 0.5) is 13.2 Å². The van der Waals surface area contributed by atoms with Crippen LogP contribution in [0.1, 0.15) is 18.1 Å². The summed E-state index contributed by atoms with van der Waals surface area (Å²) in [6.07, 6.45) is 0.887. The lowest BCUT2D eigenvalue weighted by molar-refractivity contribution is -0.126. The Morgan fingerprint density at radius 1 is 1.36 bits per heavy atom. The first-order valence-electron chi connectivity index (χ1n) is 7.16. The third-order valence-electron chi connectivity index (χ3n) is 3.75. The lowest BCUT2D eigenvalue weighted by atomic mass is 9.99. The molecule has 0 fully saturated rings. The van der Waals surface area contributed by atoms with Crippen LogP contribution in [0.3, 0.4) is 0 Å². The molecular formula is C15H19F3N2OS. The topological polar surface area (TPSA) is 32.3 Å². The Hall–Kier alpha value is -1.21. The second kappa shape index (κ2) is 7.37. The van der Waals surface area contributed by atoms with Gasteiger partial charge in [0.05, 0.1) is 6.04 Å². The van der Waals surface area contributed by atoms with E-state index in [0.717, 1.165) is 13.0 Å². The molecular weight excluding hydrogens is 313 g/mol. The van der Waals surface area contributed by atoms with Gasteiger partial charge in [0.1, 0.15) is 0 Å². The molecule has 1 aliphatic rings. The van der Waals surface area contributed by atoms with Crippen molar-refractivity contribution in [2.24, 2.45) is 0 Å². The van der Waals surface area contributed by atoms with Crippen molar-refractivity contribution in [3.8, 4) is 0 Å². The van der Waals surface area contributed by atoms with E-state index in [0.29, 0.717) is 6.54 Å². The van der Waals surface area contributed by atoms with Crippen LogP contribution in [0.2, 0.25) is 0 Å². The summed E-state index contributed by atoms with van der Waals surface area (Å²) in [4.78, 5) is 14.1. The second-order valence-electron chi connectivity index (χ2n) is 5.25. The van der Waals surface area contributed by atoms with Crippen LogP contribution < -0.4 is 5.32 Å². The van der Waals surface area contributed by atoms with Crippen molar-refractivity contribution in [1.82, 2.24) is 10.2 Å². The number of alkyl halides is 3. The van der Waals surface area contributed by atoms with Gasteiger partial charge < -0.3 is 5.32 Å². The Labute approximate surface area is 132 Å². The lowest BCUT2D eigenvalue weighted by Gasteiger charge is -2.32. The van der Waals surface area contributed by atoms with Crippen molar-refractivity contribution in [1.29, 1.82) is 0 Å². The number of benzene rings is 1. The number of amides is 1. The van der Waals surface area contributed by atoms with E-state index in [2.05, 4.69) is 16.3 Å². The van der Waals surface area contributed by atoms with E-state index < -0.39 is 5.51 Å². The minimum Gasteiger partial charge on any atom is -0.354 e. The fraction of sp³-hybridized carbons (Fsp3) is 0.533. The van der Waals surface area contributed by atoms with Crippen LogP contribution in [0.25, 0.3) is 0 Å². The highest BCUT2D eigenvalue weighted by atomic mass is 32.2. The Balaban J connectivity index is 1.79. The van der Waals surface area contributed by atoms with Gasteiger partial charge in [-0.2, -0.15) is 13.2 Å². The Bertz CT molecular complexity index is 522. The highest BCUT2D eigenvalue weighted by Gasteiger charge is 2.28. The van der Waals surface area contributed by atoms with E-state index in [9.17, 15) is 18.0 Å². The SMILES string of the molecule is C[C@H](C(=O)NCCSC(F)(F)F)N1CCc2ccccc2C1. The van der Waals surface area contributed by atoms with Crippen LogP contribution in [-0.2, 0) is 17.8 Å². The molecule has 1 heterocycles. The maximum Gasteiger partial charge on any atom is 0.441 e. The molecule has 0 bridgehead atoms. The van der Waals surface area contributed by atoms with Crippen molar-refractivity contribution < 1.29 is 18.0 Å². The molecule has 7 heteroatoms. The Morgan fingerprint density at radius 3 is 2.73 bits per heavy atom. The van der Waals surface area contributed by atoms with Crippen molar-refractivity contribution in [3.63, 3.8) is 0 Å². The molecule has 1 N–H and O–H groups in total. The summed E-state index contributed by atoms with van der Waals surface area (Å²) in [7, 11) is 0. The number of fused-ring (bicyclic) bond motifs is 1. The second-order valence-corrected chi connectivity index (χ2v) is 6.41. The van der Waals surface area contributed by atoms with Crippen LogP contribution in [-0.4, -0.2) is 41.2 Å². The molecule has 0 saturated heterocycles. The molecule has 0 saturated carbocycles. The van der Waals surface area contributed by atoms with Gasteiger partial charge in [-0.15, -0.1) is 0 Å². The molecule has 0 aliphatic carbocycles. The molecule has 1 aromatic carbocycles. The number of halogens is 3. The third-order valence-corrected chi connectivity index (χ3v) is 4.49. The number of nitrogens with zero attached hydrogens (tertiary/aromatic N) is 1. The van der Waals surface area contributed by atoms with Crippen molar-refractivity contribution in [2.45, 2.75) is 31.4 Å². The highest BCUT2D eigenvalue weighted by Crippen LogP contribution is 2.29. The summed E-state index contributed by atoms with van der Waals surface area (Å²) in [6, 6.07) is 7.77. The standard InChI is InChI=1S/C15H19F3N2OS/c1-11(14(21)19-7-9-22-15(16,17)18)20-8-6-12-4-2-3-5-13(12)10-20/h2-5,11H,6-10H2,1H3,(H,19,21)/t11-/m1/s1. The molecule has 1 atom stereocenters. The van der Waals surface area contributed by atoms with Gasteiger partial charge in [0, 0.05) is 25.4 Å². The molecule has 22 heavy (non-hydrogen) atoms. The van der Waals surface area contributed by atoms with Crippen molar-refractivity contribution >= 4 is 17.7 Å². The monoisotopic (exact) mass is 332 g/mol. The Kier molecular flexibility index (Phi) is 5.74. The predicted molar refractivity (Wildman–Crippen MR) is 81.5 cm³/mol. The zero-order valence-corrected chi connectivity index (χ0v) is 13.1. The third kappa shape index (κ3) is 4.91. The average molecular weight is 332 g/mol. The first-order chi connectivity index (χ1) is 10.4. The van der Waals surface area contributed by atoms with Gasteiger partial charge in [-0.25, -0.2) is 0 Å². The molecule has 0 aromatic heterocycles. The molecule has 2 rings (SSSR count). The summed E-state index contributed by atoms with van der Waals surface area (Å²) in [5, 5.41) is 2.57. The van der Waals surface area contributed by atoms with E-state index in [4.69, 9.17) is 0 Å². The van der Waals surface area contributed by atoms with E-state index in [1.54, 1.807) is 6.92 Å². The minimum atomic E-state index is -4.24. The molecule has 1 aromatic rings. The molecule has 0 unspecified atom stereocenters. The normalized spacial score (nSPS) is 16.9. The molecule has 0 radical (unpaired) electrons. The maximum atomic E-state index is 12.0. The average Bonchev–Trinajstić information content (AvgIpc) is 2.49. The summed E-state index contributed by atoms with van der Waals surface area (Å²) in [6.45, 7) is 3.29. The van der Waals surface area contributed by atoms with E-state index >= 15 is 0 Å². The van der Waals surface area contributed by atoms with Gasteiger partial charge in [-0.1, -0.05) is 24.3 Å². The molecule has 1 aliphatic heterocycles. The van der Waals surface area contributed by atoms with Crippen molar-refractivity contribution in [2.75, 3.05) is 18.8 Å². The molecule has 0 spiro atoms. The largest absolute Gasteiger partial charge is 0.441 e. The van der Waals surface area contributed by atoms with Gasteiger partial charge in [-0.05, 0) is 36.2 Å². The predicted octanol–water partition coefficient (Wildman–Crippen LogP) is 2.80. The zero-order valence-electron chi connectivity index (χ0n) is 12.3. The van der Waals surface area contributed by atoms with Crippen LogP contribution in [0.5, 0.6) is 0 Å². The van der Waals surface area contributed by atoms with Crippen LogP contribution >= 0.6 is 11.8 Å². The summed E-state index contributed by atoms with van der Waals surface area (Å²) >= 11 is -0.115. The highest BCUT2D eigenvalue weighted by molar-refractivity contribution is 8.00. The summed E-state index contributed by atoms with van der Waals surface area (Å²) in [5.74, 6) is -0.382. The number of rotatable bonds is 5. The number of hydrogen-bond acceptors (Lipinski definition) is 3. The quantitative estimate of drug-likeness (QED) is 0.842. The number of hydrogen-bond donors (Lipinski definition) is 1. The van der Waals surface area contributed by atoms with E-state index in [-0.39, 0.29) is 36.0 Å². The fourth-order valence-electron chi connectivity index (χ4n) is 2.50. The molecule has 1 amide bonds. The Morgan fingerprint density at radius 2 is 2.05 bits per heavy atom. The molecule has 122 valence electrons. The number of carbonyl (C=O) groups excluding carboxylic acids is 1. The maximum absolute atomic E-state index is 12.0. The zero-order chi connectivity index (χ0) is 16.2. The first-order valence-corrected chi connectivity index (χ1v) is 8.14. The van der Waals surface area contributed by atoms with Crippen LogP contribution in [0, 0.1) is 0 Å². The van der Waals surface area contributed by atoms with E-state index in [1.165, 1.54) is 11.1 Å². The summed E-state index contributed by atoms with van der Waals surface area (Å²) < 4.78 is 36.0. The minimum absolute atomic E-state index is 0.0256. The van der Waals surface area contributed by atoms with Crippen molar-refractivity contribution in [3.05, 3.63) is 35.4 Å². The van der Waals surface area contributed by atoms with Gasteiger partial charge in [-0.3, -0.25) is 9.69 Å². The first kappa shape index (κ1) is 17.1. The van der Waals surface area contributed by atoms with Gasteiger partial charge in [0.2, 0.25) is 5.91 Å². The van der Waals surface area contributed by atoms with E-state index in [1.807, 2.05) is 18.2 Å². The number of carbonyl (C=O) groups is 1. The van der Waals surface area contributed by atoms with Gasteiger partial charge >= 0.3 is 5.51 Å². The number of nitrogens with one attached hydrogen (secondary N) is 1. The smallest absolute Gasteiger partial charge is 0.354 e. The number of thioether (sulfide) groups is 1.